The number of carboxylic acids is 1. The van der Waals surface area contributed by atoms with Crippen LogP contribution in [0.2, 0.25) is 0 Å². The van der Waals surface area contributed by atoms with Crippen LogP contribution in [0.5, 0.6) is 0 Å². The molecule has 0 spiro atoms. The molecule has 2 N–H and O–H groups in total. The minimum absolute atomic E-state index is 0.237. The fraction of sp³-hybridized carbons (Fsp3) is 0.150. The van der Waals surface area contributed by atoms with Gasteiger partial charge in [0.2, 0.25) is 0 Å². The van der Waals surface area contributed by atoms with Gasteiger partial charge in [-0.3, -0.25) is 9.97 Å². The zero-order valence-corrected chi connectivity index (χ0v) is 14.8. The second-order valence-corrected chi connectivity index (χ2v) is 6.74. The van der Waals surface area contributed by atoms with Crippen LogP contribution in [0.25, 0.3) is 17.0 Å². The number of hydrogen-bond donors (Lipinski definition) is 2. The molecule has 0 atom stereocenters. The van der Waals surface area contributed by atoms with Crippen molar-refractivity contribution in [2.45, 2.75) is 18.8 Å². The van der Waals surface area contributed by atoms with E-state index in [4.69, 9.17) is 15.2 Å². The summed E-state index contributed by atoms with van der Waals surface area (Å²) in [6.07, 6.45) is 7.23. The van der Waals surface area contributed by atoms with Gasteiger partial charge in [-0.1, -0.05) is 0 Å². The number of nitrogens with zero attached hydrogens (tertiary/aromatic N) is 5. The molecule has 5 rings (SSSR count). The summed E-state index contributed by atoms with van der Waals surface area (Å²) >= 11 is 0. The fourth-order valence-corrected chi connectivity index (χ4v) is 3.07. The van der Waals surface area contributed by atoms with Crippen molar-refractivity contribution in [2.24, 2.45) is 0 Å². The number of nitrogens with one attached hydrogen (secondary N) is 1. The van der Waals surface area contributed by atoms with Gasteiger partial charge in [0.25, 0.3) is 0 Å². The molecule has 3 aromatic heterocycles. The summed E-state index contributed by atoms with van der Waals surface area (Å²) < 4.78 is 1.78. The Morgan fingerprint density at radius 2 is 1.93 bits per heavy atom. The summed E-state index contributed by atoms with van der Waals surface area (Å²) in [5, 5.41) is 17.1. The average molecular weight is 372 g/mol. The number of anilines is 2. The van der Waals surface area contributed by atoms with Crippen molar-refractivity contribution >= 4 is 23.1 Å². The van der Waals surface area contributed by atoms with Crippen LogP contribution in [-0.4, -0.2) is 35.6 Å². The van der Waals surface area contributed by atoms with Crippen molar-refractivity contribution < 1.29 is 9.90 Å². The highest BCUT2D eigenvalue weighted by Crippen LogP contribution is 2.40. The molecule has 1 saturated carbocycles. The van der Waals surface area contributed by atoms with Crippen LogP contribution >= 0.6 is 0 Å². The van der Waals surface area contributed by atoms with E-state index in [1.54, 1.807) is 47.4 Å². The van der Waals surface area contributed by atoms with Crippen molar-refractivity contribution in [3.05, 3.63) is 66.2 Å². The first-order chi connectivity index (χ1) is 13.7. The first-order valence-electron chi connectivity index (χ1n) is 8.95. The van der Waals surface area contributed by atoms with Crippen LogP contribution in [0.15, 0.2) is 55.0 Å². The molecule has 0 unspecified atom stereocenters. The molecule has 0 saturated heterocycles. The number of aromatic carboxylic acids is 1. The largest absolute Gasteiger partial charge is 0.478 e. The van der Waals surface area contributed by atoms with Crippen molar-refractivity contribution in [1.82, 2.24) is 24.6 Å². The lowest BCUT2D eigenvalue weighted by Gasteiger charge is -2.10. The Morgan fingerprint density at radius 3 is 2.61 bits per heavy atom. The number of carboxylic acid groups (broad SMARTS) is 1. The smallest absolute Gasteiger partial charge is 0.335 e. The molecule has 0 radical (unpaired) electrons. The van der Waals surface area contributed by atoms with Crippen molar-refractivity contribution in [2.75, 3.05) is 5.32 Å². The molecule has 8 heteroatoms. The van der Waals surface area contributed by atoms with Gasteiger partial charge in [0.15, 0.2) is 5.65 Å². The van der Waals surface area contributed by atoms with E-state index in [1.807, 2.05) is 12.1 Å². The van der Waals surface area contributed by atoms with Gasteiger partial charge < -0.3 is 10.4 Å². The molecule has 0 bridgehead atoms. The second kappa shape index (κ2) is 6.41. The first-order valence-corrected chi connectivity index (χ1v) is 8.95. The Hall–Kier alpha value is -3.81. The topological polar surface area (TPSA) is 105 Å². The van der Waals surface area contributed by atoms with Gasteiger partial charge >= 0.3 is 5.97 Å². The maximum absolute atomic E-state index is 11.1. The lowest BCUT2D eigenvalue weighted by molar-refractivity contribution is 0.0697. The van der Waals surface area contributed by atoms with Crippen LogP contribution in [0.3, 0.4) is 0 Å². The van der Waals surface area contributed by atoms with Gasteiger partial charge in [-0.2, -0.15) is 9.61 Å². The lowest BCUT2D eigenvalue weighted by atomic mass is 10.2. The number of aromatic nitrogens is 5. The fourth-order valence-electron chi connectivity index (χ4n) is 3.07. The quantitative estimate of drug-likeness (QED) is 0.552. The monoisotopic (exact) mass is 372 g/mol. The molecule has 138 valence electrons. The van der Waals surface area contributed by atoms with Crippen LogP contribution in [0.1, 0.15) is 34.8 Å². The number of hydrogen-bond acceptors (Lipinski definition) is 6. The van der Waals surface area contributed by atoms with Gasteiger partial charge in [-0.25, -0.2) is 9.78 Å². The molecule has 4 aromatic rings. The van der Waals surface area contributed by atoms with Gasteiger partial charge in [-0.05, 0) is 37.1 Å². The lowest BCUT2D eigenvalue weighted by Crippen LogP contribution is -2.03. The SMILES string of the molecule is O=C(O)c1ccc(Nc2cc(-c3cnccn3)nc3cc(C4CC4)nn23)cc1. The van der Waals surface area contributed by atoms with E-state index in [0.29, 0.717) is 17.3 Å². The molecule has 0 aliphatic heterocycles. The Kier molecular flexibility index (Phi) is 3.75. The molecule has 0 amide bonds. The third kappa shape index (κ3) is 3.05. The zero-order valence-electron chi connectivity index (χ0n) is 14.8. The van der Waals surface area contributed by atoms with Crippen molar-refractivity contribution in [3.8, 4) is 11.4 Å². The predicted octanol–water partition coefficient (Wildman–Crippen LogP) is 3.51. The highest BCUT2D eigenvalue weighted by atomic mass is 16.4. The van der Waals surface area contributed by atoms with E-state index < -0.39 is 5.97 Å². The van der Waals surface area contributed by atoms with Crippen LogP contribution < -0.4 is 5.32 Å². The summed E-state index contributed by atoms with van der Waals surface area (Å²) in [5.74, 6) is 0.272. The predicted molar refractivity (Wildman–Crippen MR) is 103 cm³/mol. The number of fused-ring (bicyclic) bond motifs is 1. The summed E-state index contributed by atoms with van der Waals surface area (Å²) in [4.78, 5) is 24.2. The third-order valence-corrected chi connectivity index (χ3v) is 4.67. The van der Waals surface area contributed by atoms with Gasteiger partial charge in [0.05, 0.1) is 23.1 Å². The summed E-state index contributed by atoms with van der Waals surface area (Å²) in [7, 11) is 0. The summed E-state index contributed by atoms with van der Waals surface area (Å²) in [6.45, 7) is 0. The highest BCUT2D eigenvalue weighted by molar-refractivity contribution is 5.88. The summed E-state index contributed by atoms with van der Waals surface area (Å²) in [6, 6.07) is 10.4. The molecule has 1 aliphatic carbocycles. The number of rotatable bonds is 5. The average Bonchev–Trinajstić information content (AvgIpc) is 3.48. The maximum atomic E-state index is 11.1. The normalized spacial score (nSPS) is 13.6. The molecule has 1 aromatic carbocycles. The molecule has 1 aliphatic rings. The Balaban J connectivity index is 1.59. The van der Waals surface area contributed by atoms with E-state index in [0.717, 1.165) is 35.7 Å². The van der Waals surface area contributed by atoms with Gasteiger partial charge in [0, 0.05) is 36.1 Å². The minimum Gasteiger partial charge on any atom is -0.478 e. The molecule has 8 nitrogen and oxygen atoms in total. The van der Waals surface area contributed by atoms with Crippen LogP contribution in [0, 0.1) is 0 Å². The molecular weight excluding hydrogens is 356 g/mol. The highest BCUT2D eigenvalue weighted by Gasteiger charge is 2.27. The standard InChI is InChI=1S/C20H16N6O2/c27-20(28)13-3-5-14(6-4-13)23-18-10-16(17-11-21-7-8-22-17)24-19-9-15(12-1-2-12)25-26(18)19/h3-12,23H,1-2H2,(H,27,28). The minimum atomic E-state index is -0.955. The molecule has 3 heterocycles. The number of benzene rings is 1. The van der Waals surface area contributed by atoms with Gasteiger partial charge in [-0.15, -0.1) is 0 Å². The molecule has 28 heavy (non-hydrogen) atoms. The van der Waals surface area contributed by atoms with E-state index in [2.05, 4.69) is 15.3 Å². The zero-order chi connectivity index (χ0) is 19.1. The van der Waals surface area contributed by atoms with E-state index in [1.165, 1.54) is 0 Å². The van der Waals surface area contributed by atoms with E-state index in [9.17, 15) is 4.79 Å². The van der Waals surface area contributed by atoms with Crippen molar-refractivity contribution in [3.63, 3.8) is 0 Å². The van der Waals surface area contributed by atoms with Gasteiger partial charge in [0.1, 0.15) is 11.5 Å². The first kappa shape index (κ1) is 16.4. The van der Waals surface area contributed by atoms with Crippen LogP contribution in [0.4, 0.5) is 11.5 Å². The van der Waals surface area contributed by atoms with Crippen LogP contribution in [-0.2, 0) is 0 Å². The number of carbonyl (C=O) groups is 1. The second-order valence-electron chi connectivity index (χ2n) is 6.74. The van der Waals surface area contributed by atoms with E-state index in [-0.39, 0.29) is 5.56 Å². The summed E-state index contributed by atoms with van der Waals surface area (Å²) in [5.41, 5.74) is 4.12. The van der Waals surface area contributed by atoms with Crippen molar-refractivity contribution in [1.29, 1.82) is 0 Å². The Bertz CT molecular complexity index is 1170. The Labute approximate surface area is 159 Å². The van der Waals surface area contributed by atoms with E-state index >= 15 is 0 Å². The maximum Gasteiger partial charge on any atom is 0.335 e. The molecule has 1 fully saturated rings. The molecular formula is C20H16N6O2. The Morgan fingerprint density at radius 1 is 1.11 bits per heavy atom. The third-order valence-electron chi connectivity index (χ3n) is 4.67.